The number of carbonyl (C=O) groups excluding carboxylic acids is 3. The topological polar surface area (TPSA) is 101 Å². The van der Waals surface area contributed by atoms with Crippen LogP contribution in [0.1, 0.15) is 31.9 Å². The van der Waals surface area contributed by atoms with E-state index in [0.717, 1.165) is 11.1 Å². The molecule has 0 aliphatic carbocycles. The molecule has 3 rings (SSSR count). The lowest BCUT2D eigenvalue weighted by atomic mass is 10.1. The van der Waals surface area contributed by atoms with E-state index in [9.17, 15) is 14.4 Å². The summed E-state index contributed by atoms with van der Waals surface area (Å²) in [7, 11) is 1.31. The maximum absolute atomic E-state index is 12.8. The summed E-state index contributed by atoms with van der Waals surface area (Å²) in [6, 6.07) is 1.39. The molecule has 2 aliphatic heterocycles. The summed E-state index contributed by atoms with van der Waals surface area (Å²) in [6.45, 7) is 7.22. The van der Waals surface area contributed by atoms with Crippen LogP contribution in [0.25, 0.3) is 6.08 Å². The van der Waals surface area contributed by atoms with Gasteiger partial charge in [-0.2, -0.15) is 0 Å². The molecule has 9 heteroatoms. The molecule has 1 unspecified atom stereocenters. The molecule has 0 radical (unpaired) electrons. The van der Waals surface area contributed by atoms with Crippen LogP contribution in [0, 0.1) is 0 Å². The van der Waals surface area contributed by atoms with Crippen LogP contribution in [0.2, 0.25) is 0 Å². The van der Waals surface area contributed by atoms with Crippen LogP contribution in [0.4, 0.5) is 10.6 Å². The molecule has 1 aromatic heterocycles. The van der Waals surface area contributed by atoms with Crippen LogP contribution in [-0.4, -0.2) is 71.1 Å². The molecule has 2 amide bonds. The fourth-order valence-corrected chi connectivity index (χ4v) is 3.25. The first-order chi connectivity index (χ1) is 13.7. The Kier molecular flexibility index (Phi) is 5.88. The maximum atomic E-state index is 12.8. The first kappa shape index (κ1) is 20.8. The molecule has 0 spiro atoms. The number of hydrogen-bond acceptors (Lipinski definition) is 7. The Morgan fingerprint density at radius 1 is 1.31 bits per heavy atom. The number of carbonyl (C=O) groups is 3. The van der Waals surface area contributed by atoms with Crippen LogP contribution >= 0.6 is 0 Å². The molecule has 2 aliphatic rings. The number of amides is 2. The zero-order valence-corrected chi connectivity index (χ0v) is 17.1. The van der Waals surface area contributed by atoms with Gasteiger partial charge in [-0.15, -0.1) is 0 Å². The molecule has 1 saturated heterocycles. The monoisotopic (exact) mass is 402 g/mol. The van der Waals surface area contributed by atoms with Gasteiger partial charge in [0, 0.05) is 44.0 Å². The predicted molar refractivity (Wildman–Crippen MR) is 106 cm³/mol. The number of ether oxygens (including phenoxy) is 2. The number of aromatic nitrogens is 1. The highest BCUT2D eigenvalue weighted by atomic mass is 16.6. The molecule has 1 N–H and O–H groups in total. The average Bonchev–Trinajstić information content (AvgIpc) is 2.79. The Morgan fingerprint density at radius 3 is 2.76 bits per heavy atom. The number of piperazine rings is 1. The molecular formula is C20H26N4O5. The molecule has 0 aromatic carbocycles. The number of nitrogens with one attached hydrogen (secondary N) is 1. The quantitative estimate of drug-likeness (QED) is 0.593. The molecular weight excluding hydrogens is 376 g/mol. The fourth-order valence-electron chi connectivity index (χ4n) is 3.25. The SMILES string of the molecule is COC(=O)/C=C/c1cnc2c(c1)CN1CCN(C(=O)OC(C)(C)C)CC1C(=O)N2. The largest absolute Gasteiger partial charge is 0.466 e. The summed E-state index contributed by atoms with van der Waals surface area (Å²) in [4.78, 5) is 44.4. The number of methoxy groups -OCH3 is 1. The summed E-state index contributed by atoms with van der Waals surface area (Å²) in [5, 5.41) is 2.85. The van der Waals surface area contributed by atoms with E-state index < -0.39 is 23.7 Å². The molecule has 3 heterocycles. The third-order valence-electron chi connectivity index (χ3n) is 4.66. The molecule has 29 heavy (non-hydrogen) atoms. The second-order valence-electron chi connectivity index (χ2n) is 8.03. The lowest BCUT2D eigenvalue weighted by molar-refractivity contribution is -0.134. The molecule has 0 bridgehead atoms. The zero-order valence-electron chi connectivity index (χ0n) is 17.1. The highest BCUT2D eigenvalue weighted by molar-refractivity contribution is 5.96. The lowest BCUT2D eigenvalue weighted by Crippen LogP contribution is -2.58. The number of fused-ring (bicyclic) bond motifs is 2. The zero-order chi connectivity index (χ0) is 21.2. The van der Waals surface area contributed by atoms with Crippen LogP contribution < -0.4 is 5.32 Å². The van der Waals surface area contributed by atoms with Crippen molar-refractivity contribution in [3.8, 4) is 0 Å². The van der Waals surface area contributed by atoms with Crippen molar-refractivity contribution in [3.05, 3.63) is 29.5 Å². The number of anilines is 1. The first-order valence-electron chi connectivity index (χ1n) is 9.44. The first-order valence-corrected chi connectivity index (χ1v) is 9.44. The van der Waals surface area contributed by atoms with E-state index in [1.807, 2.05) is 31.7 Å². The Morgan fingerprint density at radius 2 is 2.07 bits per heavy atom. The highest BCUT2D eigenvalue weighted by Gasteiger charge is 2.38. The molecule has 1 atom stereocenters. The van der Waals surface area contributed by atoms with Crippen molar-refractivity contribution in [3.63, 3.8) is 0 Å². The van der Waals surface area contributed by atoms with Crippen LogP contribution in [-0.2, 0) is 25.6 Å². The lowest BCUT2D eigenvalue weighted by Gasteiger charge is -2.39. The van der Waals surface area contributed by atoms with Crippen molar-refractivity contribution in [1.82, 2.24) is 14.8 Å². The summed E-state index contributed by atoms with van der Waals surface area (Å²) < 4.78 is 10.0. The standard InChI is InChI=1S/C20H26N4O5/c1-20(2,3)29-19(27)24-8-7-23-11-14-9-13(5-6-16(25)28-4)10-21-17(14)22-18(26)15(23)12-24/h5-6,9-10,15H,7-8,11-12H2,1-4H3,(H,21,22,26)/b6-5+. The smallest absolute Gasteiger partial charge is 0.410 e. The van der Waals surface area contributed by atoms with Gasteiger partial charge in [-0.1, -0.05) is 0 Å². The van der Waals surface area contributed by atoms with Crippen molar-refractivity contribution < 1.29 is 23.9 Å². The van der Waals surface area contributed by atoms with Crippen molar-refractivity contribution in [2.24, 2.45) is 0 Å². The van der Waals surface area contributed by atoms with Gasteiger partial charge in [0.25, 0.3) is 0 Å². The highest BCUT2D eigenvalue weighted by Crippen LogP contribution is 2.25. The number of esters is 1. The van der Waals surface area contributed by atoms with Crippen LogP contribution in [0.15, 0.2) is 18.3 Å². The number of rotatable bonds is 2. The number of nitrogens with zero attached hydrogens (tertiary/aromatic N) is 3. The van der Waals surface area contributed by atoms with Gasteiger partial charge in [0.1, 0.15) is 17.5 Å². The van der Waals surface area contributed by atoms with Crippen molar-refractivity contribution in [2.45, 2.75) is 39.0 Å². The van der Waals surface area contributed by atoms with Gasteiger partial charge < -0.3 is 19.7 Å². The minimum atomic E-state index is -0.589. The third-order valence-corrected chi connectivity index (χ3v) is 4.66. The van der Waals surface area contributed by atoms with Crippen molar-refractivity contribution in [1.29, 1.82) is 0 Å². The predicted octanol–water partition coefficient (Wildman–Crippen LogP) is 1.64. The third kappa shape index (κ3) is 5.11. The van der Waals surface area contributed by atoms with E-state index in [-0.39, 0.29) is 12.5 Å². The summed E-state index contributed by atoms with van der Waals surface area (Å²) in [5.74, 6) is -0.169. The molecule has 9 nitrogen and oxygen atoms in total. The number of pyridine rings is 1. The second kappa shape index (κ2) is 8.20. The Labute approximate surface area is 169 Å². The minimum Gasteiger partial charge on any atom is -0.466 e. The van der Waals surface area contributed by atoms with Crippen LogP contribution in [0.3, 0.4) is 0 Å². The summed E-state index contributed by atoms with van der Waals surface area (Å²) >= 11 is 0. The summed E-state index contributed by atoms with van der Waals surface area (Å²) in [6.07, 6.45) is 4.10. The van der Waals surface area contributed by atoms with Gasteiger partial charge in [0.05, 0.1) is 7.11 Å². The molecule has 1 aromatic rings. The van der Waals surface area contributed by atoms with E-state index in [1.165, 1.54) is 13.2 Å². The summed E-state index contributed by atoms with van der Waals surface area (Å²) in [5.41, 5.74) is 0.988. The Hall–Kier alpha value is -2.94. The minimum absolute atomic E-state index is 0.206. The van der Waals surface area contributed by atoms with Gasteiger partial charge in [-0.05, 0) is 38.5 Å². The van der Waals surface area contributed by atoms with E-state index in [1.54, 1.807) is 17.2 Å². The van der Waals surface area contributed by atoms with Gasteiger partial charge in [-0.3, -0.25) is 9.69 Å². The Balaban J connectivity index is 1.75. The van der Waals surface area contributed by atoms with E-state index >= 15 is 0 Å². The van der Waals surface area contributed by atoms with E-state index in [0.29, 0.717) is 25.5 Å². The fraction of sp³-hybridized carbons (Fsp3) is 0.500. The molecule has 156 valence electrons. The van der Waals surface area contributed by atoms with Gasteiger partial charge >= 0.3 is 12.1 Å². The van der Waals surface area contributed by atoms with Crippen LogP contribution in [0.5, 0.6) is 0 Å². The van der Waals surface area contributed by atoms with Gasteiger partial charge in [0.2, 0.25) is 5.91 Å². The van der Waals surface area contributed by atoms with Crippen molar-refractivity contribution >= 4 is 29.9 Å². The normalized spacial score (nSPS) is 19.8. The Bertz CT molecular complexity index is 846. The van der Waals surface area contributed by atoms with E-state index in [4.69, 9.17) is 4.74 Å². The molecule has 0 saturated carbocycles. The number of hydrogen-bond donors (Lipinski definition) is 1. The molecule has 1 fully saturated rings. The van der Waals surface area contributed by atoms with Crippen molar-refractivity contribution in [2.75, 3.05) is 32.1 Å². The van der Waals surface area contributed by atoms with E-state index in [2.05, 4.69) is 15.0 Å². The van der Waals surface area contributed by atoms with Gasteiger partial charge in [0.15, 0.2) is 0 Å². The van der Waals surface area contributed by atoms with Gasteiger partial charge in [-0.25, -0.2) is 14.6 Å². The maximum Gasteiger partial charge on any atom is 0.410 e. The average molecular weight is 402 g/mol. The second-order valence-corrected chi connectivity index (χ2v) is 8.03.